The van der Waals surface area contributed by atoms with Crippen LogP contribution in [0.25, 0.3) is 0 Å². The number of methoxy groups -OCH3 is 2. The van der Waals surface area contributed by atoms with Crippen molar-refractivity contribution in [2.24, 2.45) is 5.10 Å². The van der Waals surface area contributed by atoms with Gasteiger partial charge in [0.2, 0.25) is 0 Å². The Labute approximate surface area is 214 Å². The first-order valence-electron chi connectivity index (χ1n) is 11.3. The Morgan fingerprint density at radius 2 is 1.68 bits per heavy atom. The molecular weight excluding hydrogens is 476 g/mol. The molecule has 3 amide bonds. The van der Waals surface area contributed by atoms with Gasteiger partial charge in [0.1, 0.15) is 5.75 Å². The average molecular weight is 505 g/mol. The second-order valence-corrected chi connectivity index (χ2v) is 7.85. The molecule has 0 saturated carbocycles. The van der Waals surface area contributed by atoms with E-state index in [-0.39, 0.29) is 19.1 Å². The van der Waals surface area contributed by atoms with E-state index >= 15 is 0 Å². The Morgan fingerprint density at radius 1 is 0.892 bits per heavy atom. The van der Waals surface area contributed by atoms with Crippen LogP contribution in [0.1, 0.15) is 16.7 Å². The minimum absolute atomic E-state index is 0.229. The van der Waals surface area contributed by atoms with Gasteiger partial charge in [-0.2, -0.15) is 5.10 Å². The standard InChI is InChI=1S/C27H28N4O6/c1-18-7-9-19(10-8-18)15-28-26(33)27(34)31-29-16-20-11-12-23(24(13-20)36-3)37-17-25(32)30-21-5-4-6-22(14-21)35-2/h4-14,16H,15,17H2,1-3H3,(H,28,33)(H,30,32)(H,31,34)/b29-16-. The lowest BCUT2D eigenvalue weighted by Gasteiger charge is -2.12. The first kappa shape index (κ1) is 26.7. The molecule has 0 aromatic heterocycles. The predicted octanol–water partition coefficient (Wildman–Crippen LogP) is 2.80. The van der Waals surface area contributed by atoms with Gasteiger partial charge >= 0.3 is 11.8 Å². The van der Waals surface area contributed by atoms with Crippen LogP contribution in [0.4, 0.5) is 5.69 Å². The molecule has 10 heteroatoms. The van der Waals surface area contributed by atoms with Gasteiger partial charge in [-0.1, -0.05) is 35.9 Å². The number of carbonyl (C=O) groups excluding carboxylic acids is 3. The van der Waals surface area contributed by atoms with Crippen LogP contribution in [0, 0.1) is 6.92 Å². The van der Waals surface area contributed by atoms with Gasteiger partial charge in [-0.15, -0.1) is 0 Å². The Morgan fingerprint density at radius 3 is 2.41 bits per heavy atom. The number of ether oxygens (including phenoxy) is 3. The van der Waals surface area contributed by atoms with Crippen LogP contribution in [-0.4, -0.2) is 44.8 Å². The van der Waals surface area contributed by atoms with Gasteiger partial charge in [-0.25, -0.2) is 5.43 Å². The van der Waals surface area contributed by atoms with Crippen molar-refractivity contribution in [2.75, 3.05) is 26.1 Å². The van der Waals surface area contributed by atoms with Gasteiger partial charge in [0.15, 0.2) is 18.1 Å². The Balaban J connectivity index is 1.48. The molecule has 0 aliphatic heterocycles. The summed E-state index contributed by atoms with van der Waals surface area (Å²) < 4.78 is 16.0. The van der Waals surface area contributed by atoms with Crippen molar-refractivity contribution in [2.45, 2.75) is 13.5 Å². The molecule has 0 atom stereocenters. The summed E-state index contributed by atoms with van der Waals surface area (Å²) in [5.41, 5.74) is 5.32. The van der Waals surface area contributed by atoms with Gasteiger partial charge in [0, 0.05) is 18.3 Å². The van der Waals surface area contributed by atoms with Crippen LogP contribution < -0.4 is 30.3 Å². The fraction of sp³-hybridized carbons (Fsp3) is 0.185. The average Bonchev–Trinajstić information content (AvgIpc) is 2.91. The molecule has 0 saturated heterocycles. The van der Waals surface area contributed by atoms with Crippen LogP contribution in [0.2, 0.25) is 0 Å². The monoisotopic (exact) mass is 504 g/mol. The SMILES string of the molecule is COc1cccc(NC(=O)COc2ccc(/C=N\NC(=O)C(=O)NCc3ccc(C)cc3)cc2OC)c1. The Bertz CT molecular complexity index is 1270. The number of amides is 3. The summed E-state index contributed by atoms with van der Waals surface area (Å²) in [5.74, 6) is -0.718. The largest absolute Gasteiger partial charge is 0.497 e. The van der Waals surface area contributed by atoms with Crippen LogP contribution >= 0.6 is 0 Å². The van der Waals surface area contributed by atoms with Crippen LogP contribution in [-0.2, 0) is 20.9 Å². The normalized spacial score (nSPS) is 10.5. The number of anilines is 1. The number of hydrogen-bond acceptors (Lipinski definition) is 7. The number of nitrogens with one attached hydrogen (secondary N) is 3. The lowest BCUT2D eigenvalue weighted by molar-refractivity contribution is -0.139. The van der Waals surface area contributed by atoms with E-state index in [1.165, 1.54) is 13.3 Å². The van der Waals surface area contributed by atoms with Crippen molar-refractivity contribution in [3.8, 4) is 17.2 Å². The highest BCUT2D eigenvalue weighted by atomic mass is 16.5. The maximum atomic E-state index is 12.2. The van der Waals surface area contributed by atoms with E-state index in [9.17, 15) is 14.4 Å². The molecule has 0 spiro atoms. The smallest absolute Gasteiger partial charge is 0.329 e. The summed E-state index contributed by atoms with van der Waals surface area (Å²) in [6.45, 7) is 1.95. The van der Waals surface area contributed by atoms with Crippen molar-refractivity contribution >= 4 is 29.6 Å². The summed E-state index contributed by atoms with van der Waals surface area (Å²) in [4.78, 5) is 36.2. The number of carbonyl (C=O) groups is 3. The minimum Gasteiger partial charge on any atom is -0.497 e. The molecular formula is C27H28N4O6. The summed E-state index contributed by atoms with van der Waals surface area (Å²) >= 11 is 0. The van der Waals surface area contributed by atoms with E-state index in [0.29, 0.717) is 28.5 Å². The molecule has 192 valence electrons. The molecule has 10 nitrogen and oxygen atoms in total. The van der Waals surface area contributed by atoms with Gasteiger partial charge in [-0.05, 0) is 48.4 Å². The molecule has 0 bridgehead atoms. The van der Waals surface area contributed by atoms with Gasteiger partial charge < -0.3 is 24.8 Å². The second kappa shape index (κ2) is 13.3. The van der Waals surface area contributed by atoms with Crippen molar-refractivity contribution in [1.29, 1.82) is 0 Å². The van der Waals surface area contributed by atoms with E-state index in [1.807, 2.05) is 31.2 Å². The fourth-order valence-electron chi connectivity index (χ4n) is 3.11. The van der Waals surface area contributed by atoms with E-state index < -0.39 is 11.8 Å². The van der Waals surface area contributed by atoms with Crippen LogP contribution in [0.5, 0.6) is 17.2 Å². The van der Waals surface area contributed by atoms with Crippen molar-refractivity contribution in [3.63, 3.8) is 0 Å². The zero-order valence-electron chi connectivity index (χ0n) is 20.7. The maximum absolute atomic E-state index is 12.2. The second-order valence-electron chi connectivity index (χ2n) is 7.85. The number of aryl methyl sites for hydroxylation is 1. The van der Waals surface area contributed by atoms with E-state index in [1.54, 1.807) is 49.6 Å². The molecule has 0 aliphatic rings. The zero-order chi connectivity index (χ0) is 26.6. The van der Waals surface area contributed by atoms with E-state index in [4.69, 9.17) is 14.2 Å². The highest BCUT2D eigenvalue weighted by Crippen LogP contribution is 2.27. The highest BCUT2D eigenvalue weighted by molar-refractivity contribution is 6.35. The molecule has 0 aliphatic carbocycles. The lowest BCUT2D eigenvalue weighted by Crippen LogP contribution is -2.37. The topological polar surface area (TPSA) is 127 Å². The molecule has 3 aromatic carbocycles. The molecule has 0 radical (unpaired) electrons. The van der Waals surface area contributed by atoms with Crippen molar-refractivity contribution in [3.05, 3.63) is 83.4 Å². The van der Waals surface area contributed by atoms with Crippen LogP contribution in [0.3, 0.4) is 0 Å². The molecule has 3 rings (SSSR count). The number of rotatable bonds is 10. The summed E-state index contributed by atoms with van der Waals surface area (Å²) in [6.07, 6.45) is 1.35. The van der Waals surface area contributed by atoms with Gasteiger partial charge in [0.25, 0.3) is 5.91 Å². The Hall–Kier alpha value is -4.86. The van der Waals surface area contributed by atoms with E-state index in [0.717, 1.165) is 11.1 Å². The third kappa shape index (κ3) is 8.39. The van der Waals surface area contributed by atoms with Crippen LogP contribution in [0.15, 0.2) is 71.8 Å². The van der Waals surface area contributed by atoms with Gasteiger partial charge in [-0.3, -0.25) is 14.4 Å². The summed E-state index contributed by atoms with van der Waals surface area (Å²) in [7, 11) is 3.00. The van der Waals surface area contributed by atoms with Crippen molar-refractivity contribution in [1.82, 2.24) is 10.7 Å². The minimum atomic E-state index is -0.891. The maximum Gasteiger partial charge on any atom is 0.329 e. The number of nitrogens with zero attached hydrogens (tertiary/aromatic N) is 1. The third-order valence-electron chi connectivity index (χ3n) is 5.06. The molecule has 37 heavy (non-hydrogen) atoms. The third-order valence-corrected chi connectivity index (χ3v) is 5.06. The molecule has 3 aromatic rings. The molecule has 0 fully saturated rings. The first-order chi connectivity index (χ1) is 17.9. The quantitative estimate of drug-likeness (QED) is 0.221. The highest BCUT2D eigenvalue weighted by Gasteiger charge is 2.12. The number of benzene rings is 3. The first-order valence-corrected chi connectivity index (χ1v) is 11.3. The number of hydrogen-bond donors (Lipinski definition) is 3. The number of hydrazone groups is 1. The van der Waals surface area contributed by atoms with E-state index in [2.05, 4.69) is 21.2 Å². The summed E-state index contributed by atoms with van der Waals surface area (Å²) in [5, 5.41) is 9.07. The molecule has 3 N–H and O–H groups in total. The van der Waals surface area contributed by atoms with Gasteiger partial charge in [0.05, 0.1) is 20.4 Å². The predicted molar refractivity (Wildman–Crippen MR) is 139 cm³/mol. The fourth-order valence-corrected chi connectivity index (χ4v) is 3.11. The Kier molecular flexibility index (Phi) is 9.60. The lowest BCUT2D eigenvalue weighted by atomic mass is 10.1. The summed E-state index contributed by atoms with van der Waals surface area (Å²) in [6, 6.07) is 19.4. The molecule has 0 heterocycles. The van der Waals surface area contributed by atoms with Crippen molar-refractivity contribution < 1.29 is 28.6 Å². The molecule has 0 unspecified atom stereocenters. The zero-order valence-corrected chi connectivity index (χ0v) is 20.7.